The number of carbonyl (C=O) groups excluding carboxylic acids is 1. The van der Waals surface area contributed by atoms with Crippen molar-refractivity contribution in [1.29, 1.82) is 0 Å². The van der Waals surface area contributed by atoms with Crippen molar-refractivity contribution in [3.8, 4) is 0 Å². The third-order valence-electron chi connectivity index (χ3n) is 2.93. The van der Waals surface area contributed by atoms with Gasteiger partial charge in [0, 0.05) is 19.0 Å². The highest BCUT2D eigenvalue weighted by molar-refractivity contribution is 5.75. The van der Waals surface area contributed by atoms with Gasteiger partial charge in [0.15, 0.2) is 0 Å². The molecule has 0 aliphatic carbocycles. The van der Waals surface area contributed by atoms with Crippen LogP contribution in [-0.4, -0.2) is 18.5 Å². The molecule has 0 aliphatic rings. The van der Waals surface area contributed by atoms with E-state index in [9.17, 15) is 18.0 Å². The van der Waals surface area contributed by atoms with Gasteiger partial charge in [0.25, 0.3) is 0 Å². The lowest BCUT2D eigenvalue weighted by Crippen LogP contribution is -2.27. The topological polar surface area (TPSA) is 41.1 Å². The lowest BCUT2D eigenvalue weighted by molar-refractivity contribution is -0.138. The summed E-state index contributed by atoms with van der Waals surface area (Å²) in [6.45, 7) is 4.62. The van der Waals surface area contributed by atoms with Gasteiger partial charge < -0.3 is 10.6 Å². The molecule has 21 heavy (non-hydrogen) atoms. The van der Waals surface area contributed by atoms with E-state index in [-0.39, 0.29) is 18.0 Å². The summed E-state index contributed by atoms with van der Waals surface area (Å²) in [5.74, 6) is -0.238. The van der Waals surface area contributed by atoms with Gasteiger partial charge in [-0.2, -0.15) is 13.2 Å². The number of carbonyl (C=O) groups is 1. The number of halogens is 3. The minimum atomic E-state index is -4.40. The molecular weight excluding hydrogens is 281 g/mol. The first kappa shape index (κ1) is 17.5. The molecule has 0 aromatic heterocycles. The van der Waals surface area contributed by atoms with Crippen molar-refractivity contribution in [2.24, 2.45) is 0 Å². The number of alkyl halides is 3. The maximum Gasteiger partial charge on any atom is 0.416 e. The van der Waals surface area contributed by atoms with Crippen LogP contribution in [0.2, 0.25) is 0 Å². The van der Waals surface area contributed by atoms with Crippen LogP contribution in [0.3, 0.4) is 0 Å². The van der Waals surface area contributed by atoms with Crippen LogP contribution in [0.15, 0.2) is 24.3 Å². The second-order valence-corrected chi connectivity index (χ2v) is 5.14. The fourth-order valence-corrected chi connectivity index (χ4v) is 1.87. The molecule has 0 atom stereocenters. The minimum Gasteiger partial charge on any atom is -0.352 e. The fourth-order valence-electron chi connectivity index (χ4n) is 1.87. The number of amides is 1. The molecule has 1 rings (SSSR count). The summed E-state index contributed by atoms with van der Waals surface area (Å²) < 4.78 is 38.3. The van der Waals surface area contributed by atoms with Gasteiger partial charge in [0.2, 0.25) is 5.91 Å². The van der Waals surface area contributed by atoms with E-state index in [0.717, 1.165) is 6.07 Å². The Hall–Kier alpha value is -1.56. The van der Waals surface area contributed by atoms with E-state index in [1.807, 2.05) is 13.8 Å². The van der Waals surface area contributed by atoms with Crippen molar-refractivity contribution in [2.45, 2.75) is 45.5 Å². The highest BCUT2D eigenvalue weighted by Crippen LogP contribution is 2.31. The Morgan fingerprint density at radius 3 is 2.52 bits per heavy atom. The molecule has 0 heterocycles. The van der Waals surface area contributed by atoms with Crippen LogP contribution in [0.5, 0.6) is 0 Å². The zero-order valence-corrected chi connectivity index (χ0v) is 12.3. The average molecular weight is 302 g/mol. The molecule has 1 aromatic rings. The Morgan fingerprint density at radius 2 is 1.90 bits per heavy atom. The van der Waals surface area contributed by atoms with Gasteiger partial charge in [-0.3, -0.25) is 4.79 Å². The zero-order valence-electron chi connectivity index (χ0n) is 12.3. The number of nitrogens with one attached hydrogen (secondary N) is 2. The normalized spacial score (nSPS) is 11.7. The number of benzene rings is 1. The molecule has 1 aromatic carbocycles. The summed E-state index contributed by atoms with van der Waals surface area (Å²) in [6.07, 6.45) is -3.44. The highest BCUT2D eigenvalue weighted by atomic mass is 19.4. The Bertz CT molecular complexity index is 458. The van der Waals surface area contributed by atoms with Crippen LogP contribution in [0, 0.1) is 0 Å². The number of hydrogen-bond acceptors (Lipinski definition) is 2. The molecule has 6 heteroatoms. The molecule has 118 valence electrons. The molecule has 0 radical (unpaired) electrons. The predicted molar refractivity (Wildman–Crippen MR) is 75.7 cm³/mol. The van der Waals surface area contributed by atoms with Gasteiger partial charge >= 0.3 is 6.18 Å². The lowest BCUT2D eigenvalue weighted by Gasteiger charge is -2.13. The van der Waals surface area contributed by atoms with Gasteiger partial charge in [-0.15, -0.1) is 0 Å². The number of hydrogen-bond donors (Lipinski definition) is 2. The van der Waals surface area contributed by atoms with Gasteiger partial charge in [-0.05, 0) is 24.6 Å². The fraction of sp³-hybridized carbons (Fsp3) is 0.533. The third kappa shape index (κ3) is 6.62. The van der Waals surface area contributed by atoms with Crippen molar-refractivity contribution >= 4 is 5.91 Å². The summed E-state index contributed by atoms with van der Waals surface area (Å²) >= 11 is 0. The molecule has 1 amide bonds. The van der Waals surface area contributed by atoms with E-state index in [2.05, 4.69) is 10.6 Å². The molecule has 0 aliphatic heterocycles. The van der Waals surface area contributed by atoms with E-state index in [0.29, 0.717) is 25.4 Å². The summed E-state index contributed by atoms with van der Waals surface area (Å²) in [5, 5.41) is 5.71. The molecule has 0 saturated heterocycles. The second kappa shape index (κ2) is 8.02. The van der Waals surface area contributed by atoms with Crippen LogP contribution >= 0.6 is 0 Å². The standard InChI is InChI=1S/C15H21F3N2O/c1-11(2)19-9-5-8-14(21)20-10-12-6-3-4-7-13(12)15(16,17)18/h3-4,6-7,11,19H,5,8-10H2,1-2H3,(H,20,21). The van der Waals surface area contributed by atoms with Crippen molar-refractivity contribution in [2.75, 3.05) is 6.54 Å². The van der Waals surface area contributed by atoms with Gasteiger partial charge in [-0.25, -0.2) is 0 Å². The first-order valence-electron chi connectivity index (χ1n) is 6.96. The van der Waals surface area contributed by atoms with E-state index in [1.165, 1.54) is 18.2 Å². The molecule has 0 saturated carbocycles. The molecule has 0 unspecified atom stereocenters. The van der Waals surface area contributed by atoms with Crippen LogP contribution < -0.4 is 10.6 Å². The SMILES string of the molecule is CC(C)NCCCC(=O)NCc1ccccc1C(F)(F)F. The first-order valence-corrected chi connectivity index (χ1v) is 6.96. The molecule has 0 spiro atoms. The summed E-state index contributed by atoms with van der Waals surface area (Å²) in [6, 6.07) is 5.62. The summed E-state index contributed by atoms with van der Waals surface area (Å²) in [7, 11) is 0. The second-order valence-electron chi connectivity index (χ2n) is 5.14. The molecule has 2 N–H and O–H groups in total. The molecule has 0 bridgehead atoms. The minimum absolute atomic E-state index is 0.0821. The van der Waals surface area contributed by atoms with E-state index in [4.69, 9.17) is 0 Å². The predicted octanol–water partition coefficient (Wildman–Crippen LogP) is 3.10. The maximum absolute atomic E-state index is 12.8. The summed E-state index contributed by atoms with van der Waals surface area (Å²) in [5.41, 5.74) is -0.620. The van der Waals surface area contributed by atoms with Crippen LogP contribution in [0.4, 0.5) is 13.2 Å². The largest absolute Gasteiger partial charge is 0.416 e. The van der Waals surface area contributed by atoms with Crippen molar-refractivity contribution in [3.63, 3.8) is 0 Å². The van der Waals surface area contributed by atoms with E-state index >= 15 is 0 Å². The smallest absolute Gasteiger partial charge is 0.352 e. The monoisotopic (exact) mass is 302 g/mol. The molecule has 0 fully saturated rings. The molecule has 3 nitrogen and oxygen atoms in total. The van der Waals surface area contributed by atoms with Gasteiger partial charge in [0.05, 0.1) is 5.56 Å². The maximum atomic E-state index is 12.8. The van der Waals surface area contributed by atoms with E-state index < -0.39 is 11.7 Å². The average Bonchev–Trinajstić information content (AvgIpc) is 2.40. The highest BCUT2D eigenvalue weighted by Gasteiger charge is 2.32. The van der Waals surface area contributed by atoms with E-state index in [1.54, 1.807) is 0 Å². The van der Waals surface area contributed by atoms with Crippen LogP contribution in [-0.2, 0) is 17.5 Å². The summed E-state index contributed by atoms with van der Waals surface area (Å²) in [4.78, 5) is 11.6. The van der Waals surface area contributed by atoms with Gasteiger partial charge in [0.1, 0.15) is 0 Å². The Balaban J connectivity index is 2.43. The van der Waals surface area contributed by atoms with Gasteiger partial charge in [-0.1, -0.05) is 32.0 Å². The zero-order chi connectivity index (χ0) is 15.9. The third-order valence-corrected chi connectivity index (χ3v) is 2.93. The van der Waals surface area contributed by atoms with Crippen molar-refractivity contribution < 1.29 is 18.0 Å². The lowest BCUT2D eigenvalue weighted by atomic mass is 10.1. The van der Waals surface area contributed by atoms with Crippen molar-refractivity contribution in [3.05, 3.63) is 35.4 Å². The molecular formula is C15H21F3N2O. The Labute approximate surface area is 122 Å². The Kier molecular flexibility index (Phi) is 6.68. The Morgan fingerprint density at radius 1 is 1.24 bits per heavy atom. The quantitative estimate of drug-likeness (QED) is 0.760. The van der Waals surface area contributed by atoms with Crippen LogP contribution in [0.25, 0.3) is 0 Å². The van der Waals surface area contributed by atoms with Crippen molar-refractivity contribution in [1.82, 2.24) is 10.6 Å². The first-order chi connectivity index (χ1) is 9.80. The number of rotatable bonds is 7. The van der Waals surface area contributed by atoms with Crippen LogP contribution in [0.1, 0.15) is 37.8 Å².